The highest BCUT2D eigenvalue weighted by molar-refractivity contribution is 5.32. The molecule has 0 saturated heterocycles. The maximum atomic E-state index is 12.6. The van der Waals surface area contributed by atoms with Gasteiger partial charge in [0.15, 0.2) is 0 Å². The van der Waals surface area contributed by atoms with Gasteiger partial charge in [0.2, 0.25) is 0 Å². The minimum Gasteiger partial charge on any atom is -0.314 e. The Kier molecular flexibility index (Phi) is 6.53. The van der Waals surface area contributed by atoms with Gasteiger partial charge < -0.3 is 5.32 Å². The van der Waals surface area contributed by atoms with Crippen molar-refractivity contribution in [1.29, 1.82) is 0 Å². The van der Waals surface area contributed by atoms with Gasteiger partial charge in [0.25, 0.3) is 0 Å². The monoisotopic (exact) mass is 287 g/mol. The van der Waals surface area contributed by atoms with Gasteiger partial charge in [-0.05, 0) is 56.0 Å². The van der Waals surface area contributed by atoms with E-state index in [1.165, 1.54) is 12.1 Å². The highest BCUT2D eigenvalue weighted by atomic mass is 19.4. The molecule has 0 radical (unpaired) electrons. The van der Waals surface area contributed by atoms with Crippen LogP contribution in [0.1, 0.15) is 49.8 Å². The van der Waals surface area contributed by atoms with E-state index in [4.69, 9.17) is 0 Å². The van der Waals surface area contributed by atoms with E-state index >= 15 is 0 Å². The quantitative estimate of drug-likeness (QED) is 0.765. The Morgan fingerprint density at radius 2 is 1.85 bits per heavy atom. The van der Waals surface area contributed by atoms with Gasteiger partial charge in [0, 0.05) is 6.04 Å². The van der Waals surface area contributed by atoms with E-state index in [1.807, 2.05) is 0 Å². The first-order valence-electron chi connectivity index (χ1n) is 7.28. The van der Waals surface area contributed by atoms with Crippen molar-refractivity contribution in [1.82, 2.24) is 5.32 Å². The van der Waals surface area contributed by atoms with E-state index in [0.29, 0.717) is 6.04 Å². The predicted molar refractivity (Wildman–Crippen MR) is 76.9 cm³/mol. The minimum absolute atomic E-state index is 0.451. The zero-order valence-electron chi connectivity index (χ0n) is 12.5. The first kappa shape index (κ1) is 17.0. The molecule has 0 aliphatic rings. The molecule has 0 aliphatic carbocycles. The second-order valence-corrected chi connectivity index (χ2v) is 5.22. The number of halogens is 3. The fraction of sp³-hybridized carbons (Fsp3) is 0.625. The van der Waals surface area contributed by atoms with Crippen LogP contribution in [-0.4, -0.2) is 12.6 Å². The summed E-state index contributed by atoms with van der Waals surface area (Å²) in [5.74, 6) is 0. The molecule has 0 amide bonds. The molecule has 1 unspecified atom stereocenters. The summed E-state index contributed by atoms with van der Waals surface area (Å²) in [6, 6.07) is 4.50. The van der Waals surface area contributed by atoms with Crippen molar-refractivity contribution in [2.45, 2.75) is 58.7 Å². The number of hydrogen-bond acceptors (Lipinski definition) is 1. The van der Waals surface area contributed by atoms with Gasteiger partial charge in [-0.3, -0.25) is 0 Å². The molecule has 1 atom stereocenters. The summed E-state index contributed by atoms with van der Waals surface area (Å²) in [6.07, 6.45) is -0.246. The van der Waals surface area contributed by atoms with Crippen molar-refractivity contribution < 1.29 is 13.2 Å². The average Bonchev–Trinajstić information content (AvgIpc) is 2.36. The van der Waals surface area contributed by atoms with Crippen molar-refractivity contribution >= 4 is 0 Å². The summed E-state index contributed by atoms with van der Waals surface area (Å²) in [7, 11) is 0. The SMILES string of the molecule is CCCC(CCc1ccc(C(F)(F)F)cc1C)NCC. The first-order valence-corrected chi connectivity index (χ1v) is 7.28. The Bertz CT molecular complexity index is 407. The minimum atomic E-state index is -4.25. The number of aryl methyl sites for hydroxylation is 2. The van der Waals surface area contributed by atoms with Gasteiger partial charge in [-0.25, -0.2) is 0 Å². The van der Waals surface area contributed by atoms with Crippen LogP contribution in [0.3, 0.4) is 0 Å². The van der Waals surface area contributed by atoms with Crippen LogP contribution in [-0.2, 0) is 12.6 Å². The molecule has 1 N–H and O–H groups in total. The summed E-state index contributed by atoms with van der Waals surface area (Å²) in [5, 5.41) is 3.43. The Balaban J connectivity index is 2.68. The van der Waals surface area contributed by atoms with Gasteiger partial charge in [0.1, 0.15) is 0 Å². The average molecular weight is 287 g/mol. The molecule has 4 heteroatoms. The molecule has 20 heavy (non-hydrogen) atoms. The summed E-state index contributed by atoms with van der Waals surface area (Å²) < 4.78 is 37.8. The number of rotatable bonds is 7. The molecule has 1 rings (SSSR count). The van der Waals surface area contributed by atoms with Gasteiger partial charge in [-0.2, -0.15) is 13.2 Å². The zero-order chi connectivity index (χ0) is 15.2. The highest BCUT2D eigenvalue weighted by Crippen LogP contribution is 2.30. The lowest BCUT2D eigenvalue weighted by Crippen LogP contribution is -2.29. The van der Waals surface area contributed by atoms with Crippen LogP contribution in [0.2, 0.25) is 0 Å². The highest BCUT2D eigenvalue weighted by Gasteiger charge is 2.30. The second-order valence-electron chi connectivity index (χ2n) is 5.22. The Hall–Kier alpha value is -1.03. The largest absolute Gasteiger partial charge is 0.416 e. The van der Waals surface area contributed by atoms with Crippen molar-refractivity contribution in [3.63, 3.8) is 0 Å². The molecule has 1 aromatic carbocycles. The molecule has 1 nitrogen and oxygen atoms in total. The van der Waals surface area contributed by atoms with Gasteiger partial charge in [-0.1, -0.05) is 26.3 Å². The van der Waals surface area contributed by atoms with E-state index in [9.17, 15) is 13.2 Å². The molecule has 0 saturated carbocycles. The molecule has 0 aromatic heterocycles. The van der Waals surface area contributed by atoms with E-state index in [-0.39, 0.29) is 0 Å². The van der Waals surface area contributed by atoms with Gasteiger partial charge in [0.05, 0.1) is 5.56 Å². The number of benzene rings is 1. The molecular formula is C16H24F3N. The lowest BCUT2D eigenvalue weighted by molar-refractivity contribution is -0.137. The van der Waals surface area contributed by atoms with Crippen LogP contribution in [0.25, 0.3) is 0 Å². The van der Waals surface area contributed by atoms with Crippen molar-refractivity contribution in [3.8, 4) is 0 Å². The number of nitrogens with one attached hydrogen (secondary N) is 1. The normalized spacial score (nSPS) is 13.5. The number of hydrogen-bond donors (Lipinski definition) is 1. The molecule has 114 valence electrons. The van der Waals surface area contributed by atoms with Crippen LogP contribution in [0.4, 0.5) is 13.2 Å². The number of alkyl halides is 3. The van der Waals surface area contributed by atoms with Crippen LogP contribution in [0, 0.1) is 6.92 Å². The maximum Gasteiger partial charge on any atom is 0.416 e. The third-order valence-corrected chi connectivity index (χ3v) is 3.56. The molecule has 0 heterocycles. The molecule has 0 aliphatic heterocycles. The van der Waals surface area contributed by atoms with Crippen LogP contribution in [0.15, 0.2) is 18.2 Å². The van der Waals surface area contributed by atoms with E-state index in [2.05, 4.69) is 19.2 Å². The van der Waals surface area contributed by atoms with Crippen molar-refractivity contribution in [3.05, 3.63) is 34.9 Å². The van der Waals surface area contributed by atoms with E-state index in [0.717, 1.165) is 43.4 Å². The smallest absolute Gasteiger partial charge is 0.314 e. The standard InChI is InChI=1S/C16H24F3N/c1-4-6-15(20-5-2)10-8-13-7-9-14(11-12(13)3)16(17,18)19/h7,9,11,15,20H,4-6,8,10H2,1-3H3. The summed E-state index contributed by atoms with van der Waals surface area (Å²) in [5.41, 5.74) is 1.18. The van der Waals surface area contributed by atoms with Crippen LogP contribution >= 0.6 is 0 Å². The van der Waals surface area contributed by atoms with Gasteiger partial charge in [-0.15, -0.1) is 0 Å². The predicted octanol–water partition coefficient (Wildman–Crippen LogP) is 4.72. The summed E-state index contributed by atoms with van der Waals surface area (Å²) in [6.45, 7) is 6.91. The van der Waals surface area contributed by atoms with E-state index < -0.39 is 11.7 Å². The topological polar surface area (TPSA) is 12.0 Å². The first-order chi connectivity index (χ1) is 9.38. The van der Waals surface area contributed by atoms with Crippen LogP contribution < -0.4 is 5.32 Å². The van der Waals surface area contributed by atoms with E-state index in [1.54, 1.807) is 13.0 Å². The van der Waals surface area contributed by atoms with Gasteiger partial charge >= 0.3 is 6.18 Å². The molecule has 0 bridgehead atoms. The Labute approximate surface area is 119 Å². The lowest BCUT2D eigenvalue weighted by Gasteiger charge is -2.18. The third-order valence-electron chi connectivity index (χ3n) is 3.56. The van der Waals surface area contributed by atoms with Crippen molar-refractivity contribution in [2.24, 2.45) is 0 Å². The molecule has 0 spiro atoms. The zero-order valence-corrected chi connectivity index (χ0v) is 12.5. The fourth-order valence-corrected chi connectivity index (χ4v) is 2.47. The van der Waals surface area contributed by atoms with Crippen molar-refractivity contribution in [2.75, 3.05) is 6.54 Å². The second kappa shape index (κ2) is 7.67. The molecule has 1 aromatic rings. The molecule has 0 fully saturated rings. The van der Waals surface area contributed by atoms with Crippen LogP contribution in [0.5, 0.6) is 0 Å². The third kappa shape index (κ3) is 5.16. The fourth-order valence-electron chi connectivity index (χ4n) is 2.47. The maximum absolute atomic E-state index is 12.6. The Morgan fingerprint density at radius 3 is 2.35 bits per heavy atom. The molecular weight excluding hydrogens is 263 g/mol. The summed E-state index contributed by atoms with van der Waals surface area (Å²) >= 11 is 0. The lowest BCUT2D eigenvalue weighted by atomic mass is 9.97. The summed E-state index contributed by atoms with van der Waals surface area (Å²) in [4.78, 5) is 0. The Morgan fingerprint density at radius 1 is 1.15 bits per heavy atom.